The molecule has 2 aromatic rings. The lowest BCUT2D eigenvalue weighted by atomic mass is 9.76. The molecule has 1 aromatic carbocycles. The molecule has 3 fully saturated rings. The Labute approximate surface area is 238 Å². The number of benzene rings is 1. The maximum absolute atomic E-state index is 14.0. The van der Waals surface area contributed by atoms with E-state index in [1.807, 2.05) is 4.90 Å². The quantitative estimate of drug-likeness (QED) is 0.461. The summed E-state index contributed by atoms with van der Waals surface area (Å²) in [6.07, 6.45) is 10.1. The highest BCUT2D eigenvalue weighted by atomic mass is 19.1. The topological polar surface area (TPSA) is 107 Å². The second-order valence-electron chi connectivity index (χ2n) is 12.5. The van der Waals surface area contributed by atoms with Gasteiger partial charge in [-0.15, -0.1) is 0 Å². The zero-order chi connectivity index (χ0) is 28.7. The smallest absolute Gasteiger partial charge is 0.357 e. The minimum Gasteiger partial charge on any atom is -0.428 e. The number of rotatable bonds is 7. The van der Waals surface area contributed by atoms with Gasteiger partial charge in [-0.05, 0) is 80.7 Å². The van der Waals surface area contributed by atoms with Crippen molar-refractivity contribution in [1.82, 2.24) is 9.47 Å². The molecule has 1 saturated heterocycles. The van der Waals surface area contributed by atoms with Crippen molar-refractivity contribution in [2.45, 2.75) is 76.0 Å². The number of carbonyl (C=O) groups is 3. The summed E-state index contributed by atoms with van der Waals surface area (Å²) in [5.74, 6) is 0.0513. The van der Waals surface area contributed by atoms with Crippen LogP contribution in [0, 0.1) is 23.7 Å². The molecule has 2 atom stereocenters. The second-order valence-corrected chi connectivity index (χ2v) is 12.5. The van der Waals surface area contributed by atoms with Crippen molar-refractivity contribution in [3.63, 3.8) is 0 Å². The van der Waals surface area contributed by atoms with E-state index in [1.54, 1.807) is 18.2 Å². The molecule has 8 nitrogen and oxygen atoms in total. The van der Waals surface area contributed by atoms with Gasteiger partial charge in [0.2, 0.25) is 17.5 Å². The van der Waals surface area contributed by atoms with Crippen LogP contribution in [0.3, 0.4) is 0 Å². The fraction of sp³-hybridized carbons (Fsp3) is 0.645. The molecular weight excluding hydrogens is 530 g/mol. The van der Waals surface area contributed by atoms with Crippen molar-refractivity contribution < 1.29 is 27.9 Å². The number of esters is 1. The highest BCUT2D eigenvalue weighted by molar-refractivity contribution is 6.02. The molecule has 2 saturated carbocycles. The summed E-state index contributed by atoms with van der Waals surface area (Å²) in [6, 6.07) is 6.02. The Balaban J connectivity index is 1.25. The Bertz CT molecular complexity index is 1310. The summed E-state index contributed by atoms with van der Waals surface area (Å²) in [6.45, 7) is -1.13. The summed E-state index contributed by atoms with van der Waals surface area (Å²) in [5, 5.41) is 3.62. The molecule has 0 spiro atoms. The van der Waals surface area contributed by atoms with E-state index in [9.17, 15) is 23.2 Å². The lowest BCUT2D eigenvalue weighted by molar-refractivity contribution is -0.142. The number of alkyl halides is 2. The number of halogens is 2. The van der Waals surface area contributed by atoms with Gasteiger partial charge in [-0.25, -0.2) is 13.6 Å². The van der Waals surface area contributed by atoms with E-state index in [2.05, 4.69) is 5.32 Å². The van der Waals surface area contributed by atoms with E-state index in [-0.39, 0.29) is 29.3 Å². The van der Waals surface area contributed by atoms with Gasteiger partial charge >= 0.3 is 5.97 Å². The number of fused-ring (bicyclic) bond motifs is 3. The predicted molar refractivity (Wildman–Crippen MR) is 151 cm³/mol. The maximum Gasteiger partial charge on any atom is 0.357 e. The normalized spacial score (nSPS) is 28.1. The molecule has 0 bridgehead atoms. The van der Waals surface area contributed by atoms with Gasteiger partial charge in [0.1, 0.15) is 11.7 Å². The molecular formula is C31H40F2N4O4. The molecule has 6 rings (SSSR count). The largest absolute Gasteiger partial charge is 0.428 e. The maximum atomic E-state index is 14.0. The summed E-state index contributed by atoms with van der Waals surface area (Å²) in [4.78, 5) is 42.0. The molecule has 1 aromatic heterocycles. The monoisotopic (exact) mass is 570 g/mol. The first-order valence-corrected chi connectivity index (χ1v) is 15.2. The van der Waals surface area contributed by atoms with E-state index < -0.39 is 31.1 Å². The molecule has 10 heteroatoms. The highest BCUT2D eigenvalue weighted by Crippen LogP contribution is 2.42. The number of ether oxygens (including phenoxy) is 1. The SMILES string of the molecule is NC[C@H]1CC[C@H](C(=O)N2CC[C@@H](C3CCCCC3)[C@H]2C(=O)Nc2ccc3c(c2)cc2n3C(CF)(CF)OC2=O)CC1. The third-order valence-corrected chi connectivity index (χ3v) is 10.2. The Morgan fingerprint density at radius 3 is 2.41 bits per heavy atom. The van der Waals surface area contributed by atoms with Gasteiger partial charge in [0.05, 0.1) is 5.52 Å². The van der Waals surface area contributed by atoms with E-state index in [4.69, 9.17) is 10.5 Å². The molecule has 0 radical (unpaired) electrons. The number of cyclic esters (lactones) is 1. The number of hydrogen-bond donors (Lipinski definition) is 2. The van der Waals surface area contributed by atoms with Gasteiger partial charge in [-0.1, -0.05) is 32.1 Å². The molecule has 222 valence electrons. The first-order chi connectivity index (χ1) is 19.9. The van der Waals surface area contributed by atoms with E-state index in [0.29, 0.717) is 41.5 Å². The van der Waals surface area contributed by atoms with E-state index >= 15 is 0 Å². The Kier molecular flexibility index (Phi) is 7.78. The van der Waals surface area contributed by atoms with Crippen LogP contribution in [-0.2, 0) is 20.1 Å². The Morgan fingerprint density at radius 1 is 1.00 bits per heavy atom. The van der Waals surface area contributed by atoms with Crippen molar-refractivity contribution >= 4 is 34.4 Å². The predicted octanol–water partition coefficient (Wildman–Crippen LogP) is 4.90. The third kappa shape index (κ3) is 4.91. The van der Waals surface area contributed by atoms with Crippen molar-refractivity contribution in [3.05, 3.63) is 30.0 Å². The van der Waals surface area contributed by atoms with Crippen molar-refractivity contribution in [1.29, 1.82) is 0 Å². The minimum atomic E-state index is -2.00. The van der Waals surface area contributed by atoms with Gasteiger partial charge in [0.15, 0.2) is 13.3 Å². The fourth-order valence-electron chi connectivity index (χ4n) is 7.91. The summed E-state index contributed by atoms with van der Waals surface area (Å²) >= 11 is 0. The molecule has 3 heterocycles. The van der Waals surface area contributed by atoms with Crippen LogP contribution in [0.1, 0.15) is 74.7 Å². The number of likely N-dealkylation sites (tertiary alicyclic amines) is 1. The standard InChI is InChI=1S/C31H40F2N4O4/c32-17-31(18-33)37-25-11-10-23(14-22(25)15-26(37)30(40)41-31)35-28(38)27-24(20-4-2-1-3-5-20)12-13-36(27)29(39)21-8-6-19(16-34)7-9-21/h10-11,14-15,19-21,24,27H,1-9,12-13,16-18,34H2,(H,35,38)/t19-,21-,24-,27-/m0/s1. The molecule has 0 unspecified atom stereocenters. The lowest BCUT2D eigenvalue weighted by Crippen LogP contribution is -2.49. The highest BCUT2D eigenvalue weighted by Gasteiger charge is 2.48. The summed E-state index contributed by atoms with van der Waals surface area (Å²) in [5.41, 5.74) is 4.90. The number of nitrogens with two attached hydrogens (primary N) is 1. The Morgan fingerprint density at radius 2 is 1.73 bits per heavy atom. The number of anilines is 1. The third-order valence-electron chi connectivity index (χ3n) is 10.2. The number of amides is 2. The fourth-order valence-corrected chi connectivity index (χ4v) is 7.91. The zero-order valence-electron chi connectivity index (χ0n) is 23.5. The van der Waals surface area contributed by atoms with Crippen LogP contribution in [0.25, 0.3) is 10.9 Å². The number of hydrogen-bond acceptors (Lipinski definition) is 5. The van der Waals surface area contributed by atoms with Gasteiger partial charge in [-0.2, -0.15) is 0 Å². The molecule has 2 amide bonds. The van der Waals surface area contributed by atoms with Crippen LogP contribution in [0.4, 0.5) is 14.5 Å². The van der Waals surface area contributed by atoms with Crippen LogP contribution in [0.2, 0.25) is 0 Å². The second kappa shape index (κ2) is 11.3. The number of nitrogens with one attached hydrogen (secondary N) is 1. The zero-order valence-corrected chi connectivity index (χ0v) is 23.5. The van der Waals surface area contributed by atoms with Crippen LogP contribution < -0.4 is 11.1 Å². The van der Waals surface area contributed by atoms with E-state index in [1.165, 1.54) is 17.1 Å². The van der Waals surface area contributed by atoms with Gasteiger partial charge in [-0.3, -0.25) is 14.2 Å². The molecule has 2 aliphatic carbocycles. The Hall–Kier alpha value is -3.01. The van der Waals surface area contributed by atoms with Crippen LogP contribution >= 0.6 is 0 Å². The molecule has 4 aliphatic rings. The molecule has 3 N–H and O–H groups in total. The van der Waals surface area contributed by atoms with Gasteiger partial charge in [0.25, 0.3) is 0 Å². The van der Waals surface area contributed by atoms with Gasteiger partial charge in [0, 0.05) is 23.5 Å². The average Bonchev–Trinajstić information content (AvgIpc) is 3.69. The average molecular weight is 571 g/mol. The number of nitrogens with zero attached hydrogens (tertiary/aromatic N) is 2. The van der Waals surface area contributed by atoms with Crippen LogP contribution in [-0.4, -0.2) is 59.7 Å². The number of carbonyl (C=O) groups excluding carboxylic acids is 3. The van der Waals surface area contributed by atoms with Gasteiger partial charge < -0.3 is 20.7 Å². The first kappa shape index (κ1) is 28.1. The number of aromatic nitrogens is 1. The van der Waals surface area contributed by atoms with Crippen molar-refractivity contribution in [3.8, 4) is 0 Å². The minimum absolute atomic E-state index is 0.0654. The first-order valence-electron chi connectivity index (χ1n) is 15.2. The van der Waals surface area contributed by atoms with Crippen molar-refractivity contribution in [2.75, 3.05) is 31.8 Å². The summed E-state index contributed by atoms with van der Waals surface area (Å²) in [7, 11) is 0. The van der Waals surface area contributed by atoms with E-state index in [0.717, 1.165) is 57.8 Å². The molecule has 41 heavy (non-hydrogen) atoms. The van der Waals surface area contributed by atoms with Crippen LogP contribution in [0.15, 0.2) is 24.3 Å². The summed E-state index contributed by atoms with van der Waals surface area (Å²) < 4.78 is 34.1. The molecule has 2 aliphatic heterocycles. The lowest BCUT2D eigenvalue weighted by Gasteiger charge is -2.36. The van der Waals surface area contributed by atoms with Crippen LogP contribution in [0.5, 0.6) is 0 Å². The van der Waals surface area contributed by atoms with Crippen molar-refractivity contribution in [2.24, 2.45) is 29.4 Å².